The summed E-state index contributed by atoms with van der Waals surface area (Å²) in [6, 6.07) is 16.0. The molecular weight excluding hydrogens is 476 g/mol. The van der Waals surface area contributed by atoms with Crippen LogP contribution in [0.3, 0.4) is 0 Å². The van der Waals surface area contributed by atoms with Gasteiger partial charge in [0.15, 0.2) is 5.75 Å². The topological polar surface area (TPSA) is 79.1 Å². The molecule has 0 spiro atoms. The van der Waals surface area contributed by atoms with Gasteiger partial charge in [-0.1, -0.05) is 17.8 Å². The molecule has 3 aromatic rings. The highest BCUT2D eigenvalue weighted by molar-refractivity contribution is 7.99. The molecule has 2 N–H and O–H groups in total. The van der Waals surface area contributed by atoms with E-state index in [0.717, 1.165) is 96.4 Å². The molecule has 0 aliphatic carbocycles. The molecule has 1 aromatic heterocycles. The van der Waals surface area contributed by atoms with Gasteiger partial charge in [-0.3, -0.25) is 9.69 Å². The second-order valence-electron chi connectivity index (χ2n) is 9.10. The summed E-state index contributed by atoms with van der Waals surface area (Å²) in [5, 5.41) is 3.54. The number of para-hydroxylation sites is 1. The number of ether oxygens (including phenoxy) is 3. The van der Waals surface area contributed by atoms with Gasteiger partial charge in [0, 0.05) is 62.3 Å². The highest BCUT2D eigenvalue weighted by Crippen LogP contribution is 2.51. The number of nitrogens with zero attached hydrogens (tertiary/aromatic N) is 2. The zero-order valence-corrected chi connectivity index (χ0v) is 20.9. The molecule has 2 aromatic carbocycles. The highest BCUT2D eigenvalue weighted by atomic mass is 32.2. The summed E-state index contributed by atoms with van der Waals surface area (Å²) in [7, 11) is 0. The molecule has 36 heavy (non-hydrogen) atoms. The number of benzene rings is 2. The Bertz CT molecular complexity index is 1290. The van der Waals surface area contributed by atoms with E-state index in [1.165, 1.54) is 0 Å². The maximum atomic E-state index is 12.5. The van der Waals surface area contributed by atoms with Crippen molar-refractivity contribution in [3.63, 3.8) is 0 Å². The number of hydrogen-bond donors (Lipinski definition) is 2. The van der Waals surface area contributed by atoms with Crippen molar-refractivity contribution in [2.24, 2.45) is 0 Å². The minimum Gasteiger partial charge on any atom is -0.454 e. The molecule has 0 saturated carbocycles. The molecule has 2 saturated heterocycles. The first-order chi connectivity index (χ1) is 17.7. The number of anilines is 2. The third kappa shape index (κ3) is 5.10. The van der Waals surface area contributed by atoms with Crippen LogP contribution in [0.4, 0.5) is 11.4 Å². The van der Waals surface area contributed by atoms with Gasteiger partial charge in [-0.15, -0.1) is 0 Å². The predicted octanol–water partition coefficient (Wildman–Crippen LogP) is 3.88. The smallest absolute Gasteiger partial charge is 0.250 e. The predicted molar refractivity (Wildman–Crippen MR) is 142 cm³/mol. The van der Waals surface area contributed by atoms with Gasteiger partial charge in [-0.05, 0) is 36.4 Å². The van der Waals surface area contributed by atoms with E-state index in [1.807, 2.05) is 24.3 Å². The van der Waals surface area contributed by atoms with Crippen LogP contribution in [0.5, 0.6) is 11.5 Å². The molecule has 3 aliphatic heterocycles. The summed E-state index contributed by atoms with van der Waals surface area (Å²) < 4.78 is 17.3. The molecule has 0 bridgehead atoms. The number of aromatic amines is 1. The normalized spacial score (nSPS) is 17.7. The van der Waals surface area contributed by atoms with Gasteiger partial charge in [0.05, 0.1) is 41.9 Å². The Hall–Kier alpha value is -2.98. The van der Waals surface area contributed by atoms with Crippen molar-refractivity contribution < 1.29 is 14.2 Å². The van der Waals surface area contributed by atoms with E-state index in [-0.39, 0.29) is 5.56 Å². The van der Waals surface area contributed by atoms with Crippen LogP contribution in [0, 0.1) is 0 Å². The van der Waals surface area contributed by atoms with Gasteiger partial charge < -0.3 is 29.4 Å². The third-order valence-corrected chi connectivity index (χ3v) is 7.79. The van der Waals surface area contributed by atoms with Crippen molar-refractivity contribution in [1.82, 2.24) is 9.88 Å². The minimum absolute atomic E-state index is 0.122. The van der Waals surface area contributed by atoms with Crippen molar-refractivity contribution in [3.8, 4) is 22.8 Å². The molecule has 0 radical (unpaired) electrons. The average molecular weight is 507 g/mol. The zero-order valence-electron chi connectivity index (χ0n) is 20.1. The van der Waals surface area contributed by atoms with Crippen LogP contribution in [0.2, 0.25) is 0 Å². The SMILES string of the molecule is O=c1cc(N2CCOCC2)cc(-c2cccc3c2Oc2ccc(NCCN4CCOCC4)cc2S3)[nH]1. The summed E-state index contributed by atoms with van der Waals surface area (Å²) in [5.41, 5.74) is 3.51. The number of morpholine rings is 2. The van der Waals surface area contributed by atoms with E-state index in [0.29, 0.717) is 13.2 Å². The summed E-state index contributed by atoms with van der Waals surface area (Å²) in [6.07, 6.45) is 0. The Morgan fingerprint density at radius 1 is 0.917 bits per heavy atom. The Morgan fingerprint density at radius 3 is 2.56 bits per heavy atom. The Morgan fingerprint density at radius 2 is 1.72 bits per heavy atom. The molecule has 188 valence electrons. The van der Waals surface area contributed by atoms with E-state index < -0.39 is 0 Å². The van der Waals surface area contributed by atoms with E-state index in [4.69, 9.17) is 14.2 Å². The second-order valence-corrected chi connectivity index (χ2v) is 10.2. The molecule has 3 aliphatic rings. The maximum Gasteiger partial charge on any atom is 0.250 e. The van der Waals surface area contributed by atoms with Crippen molar-refractivity contribution in [2.75, 3.05) is 75.9 Å². The first kappa shape index (κ1) is 23.4. The molecule has 6 rings (SSSR count). The van der Waals surface area contributed by atoms with E-state index >= 15 is 0 Å². The first-order valence-electron chi connectivity index (χ1n) is 12.5. The zero-order chi connectivity index (χ0) is 24.3. The van der Waals surface area contributed by atoms with Gasteiger partial charge in [0.25, 0.3) is 0 Å². The molecule has 2 fully saturated rings. The van der Waals surface area contributed by atoms with Gasteiger partial charge in [0.2, 0.25) is 5.56 Å². The van der Waals surface area contributed by atoms with Crippen LogP contribution in [-0.2, 0) is 9.47 Å². The first-order valence-corrected chi connectivity index (χ1v) is 13.3. The largest absolute Gasteiger partial charge is 0.454 e. The second kappa shape index (κ2) is 10.6. The van der Waals surface area contributed by atoms with Gasteiger partial charge >= 0.3 is 0 Å². The van der Waals surface area contributed by atoms with Crippen molar-refractivity contribution in [3.05, 3.63) is 58.9 Å². The van der Waals surface area contributed by atoms with Crippen molar-refractivity contribution in [1.29, 1.82) is 0 Å². The highest BCUT2D eigenvalue weighted by Gasteiger charge is 2.23. The van der Waals surface area contributed by atoms with Crippen LogP contribution in [-0.4, -0.2) is 75.6 Å². The van der Waals surface area contributed by atoms with E-state index in [1.54, 1.807) is 17.8 Å². The third-order valence-electron chi connectivity index (χ3n) is 6.71. The lowest BCUT2D eigenvalue weighted by molar-refractivity contribution is 0.0398. The molecule has 8 nitrogen and oxygen atoms in total. The summed E-state index contributed by atoms with van der Waals surface area (Å²) in [4.78, 5) is 22.3. The lowest BCUT2D eigenvalue weighted by Gasteiger charge is -2.29. The fraction of sp³-hybridized carbons (Fsp3) is 0.370. The summed E-state index contributed by atoms with van der Waals surface area (Å²) in [6.45, 7) is 8.41. The van der Waals surface area contributed by atoms with Crippen molar-refractivity contribution >= 4 is 23.1 Å². The number of H-pyrrole nitrogens is 1. The van der Waals surface area contributed by atoms with Crippen LogP contribution in [0.15, 0.2) is 63.1 Å². The summed E-state index contributed by atoms with van der Waals surface area (Å²) in [5.74, 6) is 1.60. The molecule has 0 unspecified atom stereocenters. The van der Waals surface area contributed by atoms with Crippen LogP contribution < -0.4 is 20.5 Å². The minimum atomic E-state index is -0.122. The van der Waals surface area contributed by atoms with Crippen molar-refractivity contribution in [2.45, 2.75) is 9.79 Å². The number of pyridine rings is 1. The Labute approximate surface area is 214 Å². The van der Waals surface area contributed by atoms with E-state index in [9.17, 15) is 4.79 Å². The van der Waals surface area contributed by atoms with Crippen LogP contribution in [0.25, 0.3) is 11.3 Å². The quantitative estimate of drug-likeness (QED) is 0.408. The average Bonchev–Trinajstić information content (AvgIpc) is 2.92. The molecule has 9 heteroatoms. The summed E-state index contributed by atoms with van der Waals surface area (Å²) >= 11 is 1.69. The molecule has 0 atom stereocenters. The van der Waals surface area contributed by atoms with Gasteiger partial charge in [-0.25, -0.2) is 0 Å². The number of rotatable bonds is 6. The lowest BCUT2D eigenvalue weighted by Crippen LogP contribution is -2.39. The van der Waals surface area contributed by atoms with Gasteiger partial charge in [-0.2, -0.15) is 0 Å². The number of hydrogen-bond acceptors (Lipinski definition) is 8. The monoisotopic (exact) mass is 506 g/mol. The molecule has 4 heterocycles. The molecule has 0 amide bonds. The lowest BCUT2D eigenvalue weighted by atomic mass is 10.1. The molecular formula is C27H30N4O4S. The fourth-order valence-electron chi connectivity index (χ4n) is 4.79. The number of fused-ring (bicyclic) bond motifs is 2. The van der Waals surface area contributed by atoms with E-state index in [2.05, 4.69) is 38.3 Å². The van der Waals surface area contributed by atoms with Crippen LogP contribution >= 0.6 is 11.8 Å². The van der Waals surface area contributed by atoms with Gasteiger partial charge in [0.1, 0.15) is 5.75 Å². The number of aromatic nitrogens is 1. The number of nitrogens with one attached hydrogen (secondary N) is 2. The standard InChI is InChI=1S/C27H30N4O4S/c32-26-18-20(31-10-14-34-15-11-31)17-22(29-26)21-2-1-3-24-27(21)35-23-5-4-19(16-25(23)36-24)28-6-7-30-8-12-33-13-9-30/h1-5,16-18,28H,6-15H2,(H,29,32). The van der Waals surface area contributed by atoms with Crippen LogP contribution in [0.1, 0.15) is 0 Å². The Kier molecular flexibility index (Phi) is 6.87. The fourth-order valence-corrected chi connectivity index (χ4v) is 5.81. The Balaban J connectivity index is 1.21. The maximum absolute atomic E-state index is 12.5.